The average Bonchev–Trinajstić information content (AvgIpc) is 2.50. The lowest BCUT2D eigenvalue weighted by atomic mass is 10.2. The highest BCUT2D eigenvalue weighted by molar-refractivity contribution is 7.87. The van der Waals surface area contributed by atoms with Crippen molar-refractivity contribution in [2.45, 2.75) is 24.1 Å². The lowest BCUT2D eigenvalue weighted by molar-refractivity contribution is -0.157. The van der Waals surface area contributed by atoms with E-state index >= 15 is 0 Å². The minimum Gasteiger partial charge on any atom is -0.481 e. The van der Waals surface area contributed by atoms with Crippen LogP contribution in [0.4, 0.5) is 0 Å². The second-order valence-corrected chi connectivity index (χ2v) is 5.36. The third-order valence-electron chi connectivity index (χ3n) is 2.47. The fourth-order valence-electron chi connectivity index (χ4n) is 1.64. The van der Waals surface area contributed by atoms with Gasteiger partial charge in [-0.1, -0.05) is 0 Å². The van der Waals surface area contributed by atoms with E-state index in [1.165, 1.54) is 0 Å². The van der Waals surface area contributed by atoms with Gasteiger partial charge in [0, 0.05) is 0 Å². The van der Waals surface area contributed by atoms with Crippen LogP contribution < -0.4 is 0 Å². The number of carbonyl (C=O) groups excluding carboxylic acids is 2. The predicted molar refractivity (Wildman–Crippen MR) is 55.5 cm³/mol. The maximum Gasteiger partial charge on any atom is 0.327 e. The van der Waals surface area contributed by atoms with Gasteiger partial charge in [-0.3, -0.25) is 23.8 Å². The van der Waals surface area contributed by atoms with E-state index in [-0.39, 0.29) is 4.90 Å². The highest BCUT2D eigenvalue weighted by atomic mass is 32.2. The summed E-state index contributed by atoms with van der Waals surface area (Å²) in [5, 5.41) is 15.2. The second kappa shape index (κ2) is 4.93. The fourth-order valence-corrected chi connectivity index (χ4v) is 2.36. The molecule has 1 fully saturated rings. The molecular formula is C8H9NO9S. The molecule has 0 radical (unpaired) electrons. The standard InChI is InChI=1S/C8H9NO9S/c10-5-2-4(19(16,17)18)7(13)9(5)3(8(14)15)1-6(11)12/h3-4H,1-2H2,(H,11,12)(H,14,15)(H,16,17,18). The summed E-state index contributed by atoms with van der Waals surface area (Å²) < 4.78 is 30.4. The molecule has 106 valence electrons. The Balaban J connectivity index is 3.12. The van der Waals surface area contributed by atoms with Crippen molar-refractivity contribution in [1.29, 1.82) is 0 Å². The van der Waals surface area contributed by atoms with E-state index in [4.69, 9.17) is 14.8 Å². The second-order valence-electron chi connectivity index (χ2n) is 3.76. The lowest BCUT2D eigenvalue weighted by Gasteiger charge is -2.21. The molecule has 0 saturated carbocycles. The largest absolute Gasteiger partial charge is 0.481 e. The quantitative estimate of drug-likeness (QED) is 0.381. The Hall–Kier alpha value is -2.01. The Bertz CT molecular complexity index is 551. The first-order valence-corrected chi connectivity index (χ1v) is 6.32. The fraction of sp³-hybridized carbons (Fsp3) is 0.500. The average molecular weight is 295 g/mol. The minimum atomic E-state index is -4.86. The zero-order valence-corrected chi connectivity index (χ0v) is 10.0. The molecule has 0 aromatic rings. The van der Waals surface area contributed by atoms with Gasteiger partial charge in [0.1, 0.15) is 6.04 Å². The molecule has 0 bridgehead atoms. The zero-order chi connectivity index (χ0) is 15.0. The summed E-state index contributed by atoms with van der Waals surface area (Å²) in [6, 6.07) is -2.01. The summed E-state index contributed by atoms with van der Waals surface area (Å²) in [7, 11) is -4.86. The lowest BCUT2D eigenvalue weighted by Crippen LogP contribution is -2.47. The van der Waals surface area contributed by atoms with Crippen LogP contribution in [0.5, 0.6) is 0 Å². The van der Waals surface area contributed by atoms with Crippen LogP contribution >= 0.6 is 0 Å². The van der Waals surface area contributed by atoms with Crippen LogP contribution in [0.3, 0.4) is 0 Å². The van der Waals surface area contributed by atoms with Crippen LogP contribution in [0.2, 0.25) is 0 Å². The van der Waals surface area contributed by atoms with E-state index in [0.29, 0.717) is 0 Å². The first kappa shape index (κ1) is 15.0. The van der Waals surface area contributed by atoms with E-state index < -0.39 is 58.0 Å². The molecule has 0 spiro atoms. The van der Waals surface area contributed by atoms with Crippen LogP contribution in [0, 0.1) is 0 Å². The number of nitrogens with zero attached hydrogens (tertiary/aromatic N) is 1. The number of imide groups is 1. The minimum absolute atomic E-state index is 0.0505. The Kier molecular flexibility index (Phi) is 3.91. The molecule has 1 saturated heterocycles. The predicted octanol–water partition coefficient (Wildman–Crippen LogP) is -2.07. The van der Waals surface area contributed by atoms with Crippen LogP contribution in [0.25, 0.3) is 0 Å². The van der Waals surface area contributed by atoms with Crippen molar-refractivity contribution in [3.8, 4) is 0 Å². The topological polar surface area (TPSA) is 166 Å². The monoisotopic (exact) mass is 295 g/mol. The van der Waals surface area contributed by atoms with Gasteiger partial charge in [-0.05, 0) is 0 Å². The van der Waals surface area contributed by atoms with Crippen molar-refractivity contribution < 1.29 is 42.4 Å². The van der Waals surface area contributed by atoms with Crippen molar-refractivity contribution in [3.63, 3.8) is 0 Å². The Labute approximate surface area is 106 Å². The first-order valence-electron chi connectivity index (χ1n) is 4.82. The molecule has 1 aliphatic rings. The van der Waals surface area contributed by atoms with E-state index in [9.17, 15) is 27.6 Å². The van der Waals surface area contributed by atoms with Gasteiger partial charge < -0.3 is 10.2 Å². The SMILES string of the molecule is O=C(O)CC(C(=O)O)N1C(=O)CC(S(=O)(=O)O)C1=O. The van der Waals surface area contributed by atoms with Crippen molar-refractivity contribution in [1.82, 2.24) is 4.90 Å². The zero-order valence-electron chi connectivity index (χ0n) is 9.22. The number of hydrogen-bond acceptors (Lipinski definition) is 6. The maximum absolute atomic E-state index is 11.6. The molecule has 2 unspecified atom stereocenters. The summed E-state index contributed by atoms with van der Waals surface area (Å²) in [6.45, 7) is 0. The normalized spacial score (nSPS) is 21.5. The molecule has 1 rings (SSSR count). The van der Waals surface area contributed by atoms with Gasteiger partial charge in [0.15, 0.2) is 5.25 Å². The van der Waals surface area contributed by atoms with Crippen LogP contribution in [0.1, 0.15) is 12.8 Å². The molecule has 0 aromatic heterocycles. The third-order valence-corrected chi connectivity index (χ3v) is 3.55. The number of carbonyl (C=O) groups is 4. The van der Waals surface area contributed by atoms with E-state index in [2.05, 4.69) is 0 Å². The molecule has 19 heavy (non-hydrogen) atoms. The molecule has 1 aliphatic heterocycles. The highest BCUT2D eigenvalue weighted by Crippen LogP contribution is 2.23. The molecule has 3 N–H and O–H groups in total. The van der Waals surface area contributed by atoms with Crippen LogP contribution in [-0.4, -0.2) is 63.1 Å². The van der Waals surface area contributed by atoms with Gasteiger partial charge in [-0.2, -0.15) is 8.42 Å². The molecule has 1 heterocycles. The van der Waals surface area contributed by atoms with Gasteiger partial charge in [-0.25, -0.2) is 4.79 Å². The van der Waals surface area contributed by atoms with Gasteiger partial charge in [0.2, 0.25) is 5.91 Å². The molecule has 0 aliphatic carbocycles. The number of aliphatic carboxylic acids is 2. The summed E-state index contributed by atoms with van der Waals surface area (Å²) in [6.07, 6.45) is -1.98. The smallest absolute Gasteiger partial charge is 0.327 e. The Morgan fingerprint density at radius 3 is 2.16 bits per heavy atom. The van der Waals surface area contributed by atoms with Gasteiger partial charge >= 0.3 is 11.9 Å². The first-order chi connectivity index (χ1) is 8.55. The number of rotatable bonds is 5. The number of amides is 2. The van der Waals surface area contributed by atoms with Gasteiger partial charge in [0.05, 0.1) is 12.8 Å². The molecule has 10 nitrogen and oxygen atoms in total. The Morgan fingerprint density at radius 2 is 1.84 bits per heavy atom. The van der Waals surface area contributed by atoms with Gasteiger partial charge in [0.25, 0.3) is 16.0 Å². The van der Waals surface area contributed by atoms with E-state index in [0.717, 1.165) is 0 Å². The van der Waals surface area contributed by atoms with Crippen molar-refractivity contribution in [2.24, 2.45) is 0 Å². The summed E-state index contributed by atoms with van der Waals surface area (Å²) >= 11 is 0. The maximum atomic E-state index is 11.6. The number of carboxylic acid groups (broad SMARTS) is 2. The van der Waals surface area contributed by atoms with E-state index in [1.54, 1.807) is 0 Å². The van der Waals surface area contributed by atoms with E-state index in [1.807, 2.05) is 0 Å². The summed E-state index contributed by atoms with van der Waals surface area (Å²) in [5.41, 5.74) is 0. The highest BCUT2D eigenvalue weighted by Gasteiger charge is 2.50. The molecule has 2 atom stereocenters. The van der Waals surface area contributed by atoms with Crippen molar-refractivity contribution >= 4 is 33.9 Å². The molecule has 0 aromatic carbocycles. The molecule has 11 heteroatoms. The number of hydrogen-bond donors (Lipinski definition) is 3. The Morgan fingerprint density at radius 1 is 1.32 bits per heavy atom. The van der Waals surface area contributed by atoms with Crippen LogP contribution in [0.15, 0.2) is 0 Å². The number of likely N-dealkylation sites (tertiary alicyclic amines) is 1. The van der Waals surface area contributed by atoms with Crippen molar-refractivity contribution in [3.05, 3.63) is 0 Å². The molecule has 2 amide bonds. The summed E-state index contributed by atoms with van der Waals surface area (Å²) in [5.74, 6) is -5.95. The number of carboxylic acids is 2. The van der Waals surface area contributed by atoms with Crippen LogP contribution in [-0.2, 0) is 29.3 Å². The van der Waals surface area contributed by atoms with Crippen molar-refractivity contribution in [2.75, 3.05) is 0 Å². The van der Waals surface area contributed by atoms with Gasteiger partial charge in [-0.15, -0.1) is 0 Å². The summed E-state index contributed by atoms with van der Waals surface area (Å²) in [4.78, 5) is 44.4. The third kappa shape index (κ3) is 3.06. The molecular weight excluding hydrogens is 286 g/mol.